The van der Waals surface area contributed by atoms with E-state index < -0.39 is 10.0 Å². The van der Waals surface area contributed by atoms with Crippen molar-refractivity contribution in [1.29, 1.82) is 0 Å². The summed E-state index contributed by atoms with van der Waals surface area (Å²) in [7, 11) is -3.64. The highest BCUT2D eigenvalue weighted by Gasteiger charge is 2.32. The summed E-state index contributed by atoms with van der Waals surface area (Å²) in [4.78, 5) is 0.268. The quantitative estimate of drug-likeness (QED) is 0.575. The summed E-state index contributed by atoms with van der Waals surface area (Å²) < 4.78 is 34.7. The van der Waals surface area contributed by atoms with Crippen molar-refractivity contribution in [2.75, 3.05) is 4.72 Å². The molecule has 0 amide bonds. The van der Waals surface area contributed by atoms with Crippen LogP contribution < -0.4 is 4.72 Å². The van der Waals surface area contributed by atoms with Gasteiger partial charge in [0.05, 0.1) is 10.6 Å². The van der Waals surface area contributed by atoms with E-state index in [2.05, 4.69) is 25.5 Å². The first-order valence-corrected chi connectivity index (χ1v) is 11.7. The molecule has 2 aromatic carbocycles. The lowest BCUT2D eigenvalue weighted by Crippen LogP contribution is -2.26. The van der Waals surface area contributed by atoms with E-state index in [0.717, 1.165) is 47.1 Å². The smallest absolute Gasteiger partial charge is 0.261 e. The molecule has 0 radical (unpaired) electrons. The fourth-order valence-electron chi connectivity index (χ4n) is 4.20. The fourth-order valence-corrected chi connectivity index (χ4v) is 5.32. The van der Waals surface area contributed by atoms with Crippen molar-refractivity contribution in [1.82, 2.24) is 0 Å². The minimum Gasteiger partial charge on any atom is -0.461 e. The first kappa shape index (κ1) is 20.0. The number of sulfonamides is 1. The van der Waals surface area contributed by atoms with Gasteiger partial charge in [-0.1, -0.05) is 38.5 Å². The van der Waals surface area contributed by atoms with Gasteiger partial charge in [-0.15, -0.1) is 0 Å². The Morgan fingerprint density at radius 3 is 2.41 bits per heavy atom. The molecule has 0 aliphatic heterocycles. The Morgan fingerprint density at radius 1 is 1.07 bits per heavy atom. The van der Waals surface area contributed by atoms with Gasteiger partial charge in [-0.3, -0.25) is 4.72 Å². The van der Waals surface area contributed by atoms with Gasteiger partial charge in [0.2, 0.25) is 0 Å². The van der Waals surface area contributed by atoms with Crippen molar-refractivity contribution >= 4 is 26.7 Å². The number of nitrogens with one attached hydrogen (secondary N) is 1. The van der Waals surface area contributed by atoms with E-state index >= 15 is 0 Å². The number of furan rings is 1. The normalized spacial score (nSPS) is 17.3. The zero-order chi connectivity index (χ0) is 21.0. The van der Waals surface area contributed by atoms with Gasteiger partial charge in [-0.25, -0.2) is 8.42 Å². The Bertz CT molecular complexity index is 1170. The van der Waals surface area contributed by atoms with E-state index in [1.165, 1.54) is 5.56 Å². The van der Waals surface area contributed by atoms with Crippen LogP contribution in [-0.4, -0.2) is 8.42 Å². The third-order valence-electron chi connectivity index (χ3n) is 6.19. The maximum absolute atomic E-state index is 12.9. The molecule has 4 nitrogen and oxygen atoms in total. The molecule has 1 aromatic heterocycles. The van der Waals surface area contributed by atoms with Gasteiger partial charge in [0.15, 0.2) is 0 Å². The summed E-state index contributed by atoms with van der Waals surface area (Å²) in [6.45, 7) is 10.7. The second kappa shape index (κ2) is 6.91. The molecule has 1 aliphatic carbocycles. The average molecular weight is 412 g/mol. The molecule has 154 valence electrons. The summed E-state index contributed by atoms with van der Waals surface area (Å²) in [5, 5.41) is 1.03. The number of rotatable bonds is 3. The summed E-state index contributed by atoms with van der Waals surface area (Å²) in [5.41, 5.74) is 4.82. The van der Waals surface area contributed by atoms with Crippen molar-refractivity contribution in [3.63, 3.8) is 0 Å². The molecule has 1 heterocycles. The van der Waals surface area contributed by atoms with Gasteiger partial charge in [0.1, 0.15) is 11.3 Å². The van der Waals surface area contributed by atoms with Crippen LogP contribution in [0.3, 0.4) is 0 Å². The van der Waals surface area contributed by atoms with Crippen LogP contribution in [0.1, 0.15) is 49.6 Å². The SMILES string of the molecule is Cc1ccc(S(=O)(=O)Nc2cc3c4c(oc3cc2C)CCC(C(C)(C)C)C4)cc1. The summed E-state index contributed by atoms with van der Waals surface area (Å²) in [6.07, 6.45) is 3.04. The molecule has 0 bridgehead atoms. The van der Waals surface area contributed by atoms with Crippen LogP contribution in [0.15, 0.2) is 45.7 Å². The van der Waals surface area contributed by atoms with E-state index in [-0.39, 0.29) is 10.3 Å². The lowest BCUT2D eigenvalue weighted by molar-refractivity contribution is 0.210. The molecule has 0 saturated heterocycles. The van der Waals surface area contributed by atoms with Gasteiger partial charge >= 0.3 is 0 Å². The van der Waals surface area contributed by atoms with Crippen LogP contribution in [-0.2, 0) is 22.9 Å². The highest BCUT2D eigenvalue weighted by molar-refractivity contribution is 7.92. The van der Waals surface area contributed by atoms with Crippen LogP contribution in [0, 0.1) is 25.2 Å². The van der Waals surface area contributed by atoms with Crippen LogP contribution in [0.5, 0.6) is 0 Å². The molecule has 1 N–H and O–H groups in total. The minimum atomic E-state index is -3.64. The number of fused-ring (bicyclic) bond motifs is 3. The Balaban J connectivity index is 1.73. The molecule has 1 atom stereocenters. The van der Waals surface area contributed by atoms with Crippen LogP contribution in [0.2, 0.25) is 0 Å². The lowest BCUT2D eigenvalue weighted by atomic mass is 9.71. The molecule has 1 aliphatic rings. The Kier molecular flexibility index (Phi) is 4.77. The minimum absolute atomic E-state index is 0.238. The third-order valence-corrected chi connectivity index (χ3v) is 7.57. The Morgan fingerprint density at radius 2 is 1.76 bits per heavy atom. The zero-order valence-corrected chi connectivity index (χ0v) is 18.6. The average Bonchev–Trinajstić information content (AvgIpc) is 2.98. The van der Waals surface area contributed by atoms with Crippen molar-refractivity contribution in [2.45, 2.75) is 58.8 Å². The van der Waals surface area contributed by atoms with E-state index in [1.54, 1.807) is 12.1 Å². The van der Waals surface area contributed by atoms with Gasteiger partial charge in [-0.05, 0) is 67.9 Å². The van der Waals surface area contributed by atoms with E-state index in [0.29, 0.717) is 11.6 Å². The van der Waals surface area contributed by atoms with Crippen LogP contribution >= 0.6 is 0 Å². The van der Waals surface area contributed by atoms with E-state index in [9.17, 15) is 8.42 Å². The van der Waals surface area contributed by atoms with Gasteiger partial charge in [0, 0.05) is 17.4 Å². The maximum atomic E-state index is 12.9. The third kappa shape index (κ3) is 3.80. The topological polar surface area (TPSA) is 59.3 Å². The molecule has 1 unspecified atom stereocenters. The Labute approximate surface area is 173 Å². The molecule has 0 saturated carbocycles. The zero-order valence-electron chi connectivity index (χ0n) is 17.8. The van der Waals surface area contributed by atoms with Crippen LogP contribution in [0.4, 0.5) is 5.69 Å². The summed E-state index contributed by atoms with van der Waals surface area (Å²) in [6, 6.07) is 10.8. The van der Waals surface area contributed by atoms with Crippen molar-refractivity contribution in [3.05, 3.63) is 58.8 Å². The number of hydrogen-bond acceptors (Lipinski definition) is 3. The maximum Gasteiger partial charge on any atom is 0.261 e. The number of hydrogen-bond donors (Lipinski definition) is 1. The van der Waals surface area contributed by atoms with Gasteiger partial charge in [0.25, 0.3) is 10.0 Å². The van der Waals surface area contributed by atoms with E-state index in [1.807, 2.05) is 38.1 Å². The number of aryl methyl sites for hydroxylation is 3. The molecular formula is C24H29NO3S. The largest absolute Gasteiger partial charge is 0.461 e. The standard InChI is InChI=1S/C24H29NO3S/c1-15-6-9-18(10-7-15)29(26,27)25-21-14-20-19-13-17(24(3,4)5)8-11-22(19)28-23(20)12-16(21)2/h6-7,9-10,12,14,17,25H,8,11,13H2,1-5H3. The second-order valence-electron chi connectivity index (χ2n) is 9.39. The van der Waals surface area contributed by atoms with Gasteiger partial charge < -0.3 is 4.42 Å². The summed E-state index contributed by atoms with van der Waals surface area (Å²) >= 11 is 0. The van der Waals surface area contributed by atoms with Crippen molar-refractivity contribution in [3.8, 4) is 0 Å². The first-order valence-electron chi connectivity index (χ1n) is 10.2. The highest BCUT2D eigenvalue weighted by atomic mass is 32.2. The Hall–Kier alpha value is -2.27. The molecule has 0 spiro atoms. The predicted molar refractivity (Wildman–Crippen MR) is 118 cm³/mol. The fraction of sp³-hybridized carbons (Fsp3) is 0.417. The van der Waals surface area contributed by atoms with Gasteiger partial charge in [-0.2, -0.15) is 0 Å². The lowest BCUT2D eigenvalue weighted by Gasteiger charge is -2.33. The second-order valence-corrected chi connectivity index (χ2v) is 11.1. The highest BCUT2D eigenvalue weighted by Crippen LogP contribution is 2.42. The monoisotopic (exact) mass is 411 g/mol. The molecule has 5 heteroatoms. The van der Waals surface area contributed by atoms with Crippen LogP contribution in [0.25, 0.3) is 11.0 Å². The number of anilines is 1. The number of benzene rings is 2. The summed E-state index contributed by atoms with van der Waals surface area (Å²) in [5.74, 6) is 1.64. The molecule has 0 fully saturated rings. The molecule has 4 rings (SSSR count). The van der Waals surface area contributed by atoms with Crippen molar-refractivity contribution < 1.29 is 12.8 Å². The van der Waals surface area contributed by atoms with Crippen molar-refractivity contribution in [2.24, 2.45) is 11.3 Å². The molecular weight excluding hydrogens is 382 g/mol. The molecule has 29 heavy (non-hydrogen) atoms. The first-order chi connectivity index (χ1) is 13.5. The predicted octanol–water partition coefficient (Wildman–Crippen LogP) is 6.00. The van der Waals surface area contributed by atoms with E-state index in [4.69, 9.17) is 4.42 Å². The molecule has 3 aromatic rings.